The summed E-state index contributed by atoms with van der Waals surface area (Å²) < 4.78 is 12.9. The normalized spacial score (nSPS) is 13.8. The largest absolute Gasteiger partial charge is 0.507 e. The first-order chi connectivity index (χ1) is 10.5. The summed E-state index contributed by atoms with van der Waals surface area (Å²) in [6.07, 6.45) is -0.132. The Morgan fingerprint density at radius 3 is 2.50 bits per heavy atom. The Kier molecular flexibility index (Phi) is 5.52. The second-order valence-electron chi connectivity index (χ2n) is 5.67. The quantitative estimate of drug-likeness (QED) is 0.766. The Bertz CT molecular complexity index is 613. The first-order valence-electron chi connectivity index (χ1n) is 7.41. The number of para-hydroxylation sites is 1. The molecular formula is C18H22FNO2. The molecule has 2 unspecified atom stereocenters. The molecule has 0 saturated heterocycles. The molecule has 0 heterocycles. The number of halogens is 1. The van der Waals surface area contributed by atoms with Crippen LogP contribution >= 0.6 is 0 Å². The van der Waals surface area contributed by atoms with Gasteiger partial charge in [-0.05, 0) is 43.5 Å². The topological polar surface area (TPSA) is 52.5 Å². The van der Waals surface area contributed by atoms with E-state index in [4.69, 9.17) is 0 Å². The lowest BCUT2D eigenvalue weighted by atomic mass is 10.0. The van der Waals surface area contributed by atoms with Gasteiger partial charge in [-0.25, -0.2) is 4.39 Å². The summed E-state index contributed by atoms with van der Waals surface area (Å²) in [6.45, 7) is 4.37. The molecule has 2 aromatic carbocycles. The second-order valence-corrected chi connectivity index (χ2v) is 5.67. The van der Waals surface area contributed by atoms with Crippen molar-refractivity contribution in [2.45, 2.75) is 39.0 Å². The molecule has 4 heteroatoms. The number of rotatable bonds is 6. The molecule has 2 atom stereocenters. The molecule has 0 saturated carbocycles. The van der Waals surface area contributed by atoms with E-state index in [-0.39, 0.29) is 11.9 Å². The highest BCUT2D eigenvalue weighted by molar-refractivity contribution is 5.39. The molecule has 22 heavy (non-hydrogen) atoms. The van der Waals surface area contributed by atoms with Crippen LogP contribution in [0.15, 0.2) is 42.5 Å². The Morgan fingerprint density at radius 2 is 1.82 bits per heavy atom. The highest BCUT2D eigenvalue weighted by Crippen LogP contribution is 2.22. The summed E-state index contributed by atoms with van der Waals surface area (Å²) in [6, 6.07) is 11.6. The maximum absolute atomic E-state index is 12.9. The lowest BCUT2D eigenvalue weighted by Gasteiger charge is -2.19. The molecule has 3 nitrogen and oxygen atoms in total. The number of aryl methyl sites for hydroxylation is 1. The van der Waals surface area contributed by atoms with E-state index in [0.717, 1.165) is 11.1 Å². The fourth-order valence-corrected chi connectivity index (χ4v) is 2.39. The van der Waals surface area contributed by atoms with Gasteiger partial charge in [0, 0.05) is 18.2 Å². The molecule has 0 bridgehead atoms. The van der Waals surface area contributed by atoms with Gasteiger partial charge in [0.1, 0.15) is 11.6 Å². The van der Waals surface area contributed by atoms with Gasteiger partial charge in [-0.15, -0.1) is 0 Å². The molecule has 0 spiro atoms. The maximum Gasteiger partial charge on any atom is 0.123 e. The monoisotopic (exact) mass is 303 g/mol. The average Bonchev–Trinajstić information content (AvgIpc) is 2.49. The first-order valence-corrected chi connectivity index (χ1v) is 7.41. The van der Waals surface area contributed by atoms with E-state index in [1.807, 2.05) is 32.0 Å². The summed E-state index contributed by atoms with van der Waals surface area (Å²) in [5.74, 6) is -0.00155. The summed E-state index contributed by atoms with van der Waals surface area (Å²) in [4.78, 5) is 0. The third kappa shape index (κ3) is 4.29. The highest BCUT2D eigenvalue weighted by Gasteiger charge is 2.13. The molecule has 0 aromatic heterocycles. The minimum atomic E-state index is -0.644. The molecule has 118 valence electrons. The van der Waals surface area contributed by atoms with Crippen molar-refractivity contribution in [3.05, 3.63) is 65.0 Å². The molecule has 0 aliphatic heterocycles. The summed E-state index contributed by atoms with van der Waals surface area (Å²) in [5.41, 5.74) is 2.38. The molecular weight excluding hydrogens is 281 g/mol. The maximum atomic E-state index is 12.9. The molecule has 2 aromatic rings. The summed E-state index contributed by atoms with van der Waals surface area (Å²) >= 11 is 0. The number of benzene rings is 2. The van der Waals surface area contributed by atoms with Gasteiger partial charge in [0.2, 0.25) is 0 Å². The number of phenols is 1. The number of aliphatic hydroxyl groups is 1. The lowest BCUT2D eigenvalue weighted by molar-refractivity contribution is 0.153. The van der Waals surface area contributed by atoms with Crippen LogP contribution in [0.2, 0.25) is 0 Å². The van der Waals surface area contributed by atoms with Gasteiger partial charge < -0.3 is 15.5 Å². The number of nitrogens with one attached hydrogen (secondary N) is 1. The van der Waals surface area contributed by atoms with Gasteiger partial charge in [0.05, 0.1) is 6.10 Å². The van der Waals surface area contributed by atoms with Crippen LogP contribution in [-0.2, 0) is 6.54 Å². The van der Waals surface area contributed by atoms with Gasteiger partial charge in [-0.1, -0.05) is 30.3 Å². The van der Waals surface area contributed by atoms with Crippen LogP contribution in [0.1, 0.15) is 36.1 Å². The summed E-state index contributed by atoms with van der Waals surface area (Å²) in [5, 5.41) is 23.4. The predicted octanol–water partition coefficient (Wildman–Crippen LogP) is 3.44. The number of phenolic OH excluding ortho intramolecular Hbond substituents is 1. The Labute approximate surface area is 130 Å². The zero-order chi connectivity index (χ0) is 16.1. The van der Waals surface area contributed by atoms with Crippen molar-refractivity contribution in [2.24, 2.45) is 0 Å². The van der Waals surface area contributed by atoms with Crippen LogP contribution in [0.4, 0.5) is 4.39 Å². The molecule has 0 fully saturated rings. The number of hydrogen-bond donors (Lipinski definition) is 3. The van der Waals surface area contributed by atoms with Crippen molar-refractivity contribution in [1.82, 2.24) is 5.32 Å². The Balaban J connectivity index is 1.88. The van der Waals surface area contributed by atoms with Gasteiger partial charge in [-0.2, -0.15) is 0 Å². The lowest BCUT2D eigenvalue weighted by Crippen LogP contribution is -2.27. The zero-order valence-corrected chi connectivity index (χ0v) is 12.9. The first kappa shape index (κ1) is 16.5. The molecule has 2 rings (SSSR count). The standard InChI is InChI=1S/C18H22FNO2/c1-12-4-3-5-15(18(12)22)11-20-13(2)10-17(21)14-6-8-16(19)9-7-14/h3-9,13,17,20-22H,10-11H2,1-2H3. The van der Waals surface area contributed by atoms with Crippen molar-refractivity contribution in [1.29, 1.82) is 0 Å². The Morgan fingerprint density at radius 1 is 1.14 bits per heavy atom. The van der Waals surface area contributed by atoms with Crippen LogP contribution in [0.5, 0.6) is 5.75 Å². The molecule has 0 aliphatic carbocycles. The summed E-state index contributed by atoms with van der Waals surface area (Å²) in [7, 11) is 0. The second kappa shape index (κ2) is 7.38. The molecule has 0 radical (unpaired) electrons. The Hall–Kier alpha value is -1.91. The highest BCUT2D eigenvalue weighted by atomic mass is 19.1. The van der Waals surface area contributed by atoms with Crippen LogP contribution in [0, 0.1) is 12.7 Å². The number of aliphatic hydroxyl groups excluding tert-OH is 1. The van der Waals surface area contributed by atoms with Crippen LogP contribution < -0.4 is 5.32 Å². The molecule has 0 aliphatic rings. The molecule has 3 N–H and O–H groups in total. The van der Waals surface area contributed by atoms with E-state index in [1.165, 1.54) is 12.1 Å². The fraction of sp³-hybridized carbons (Fsp3) is 0.333. The van der Waals surface area contributed by atoms with E-state index in [9.17, 15) is 14.6 Å². The zero-order valence-electron chi connectivity index (χ0n) is 12.9. The van der Waals surface area contributed by atoms with Crippen molar-refractivity contribution in [3.8, 4) is 5.75 Å². The van der Waals surface area contributed by atoms with E-state index in [1.54, 1.807) is 12.1 Å². The average molecular weight is 303 g/mol. The fourth-order valence-electron chi connectivity index (χ4n) is 2.39. The van der Waals surface area contributed by atoms with Crippen molar-refractivity contribution >= 4 is 0 Å². The van der Waals surface area contributed by atoms with Crippen LogP contribution in [-0.4, -0.2) is 16.3 Å². The van der Waals surface area contributed by atoms with Crippen molar-refractivity contribution in [3.63, 3.8) is 0 Å². The smallest absolute Gasteiger partial charge is 0.123 e. The van der Waals surface area contributed by atoms with Crippen LogP contribution in [0.25, 0.3) is 0 Å². The predicted molar refractivity (Wildman–Crippen MR) is 85.1 cm³/mol. The number of hydrogen-bond acceptors (Lipinski definition) is 3. The number of aromatic hydroxyl groups is 1. The van der Waals surface area contributed by atoms with Gasteiger partial charge in [-0.3, -0.25) is 0 Å². The van der Waals surface area contributed by atoms with Gasteiger partial charge in [0.15, 0.2) is 0 Å². The van der Waals surface area contributed by atoms with Crippen molar-refractivity contribution < 1.29 is 14.6 Å². The minimum Gasteiger partial charge on any atom is -0.507 e. The van der Waals surface area contributed by atoms with Crippen molar-refractivity contribution in [2.75, 3.05) is 0 Å². The third-order valence-electron chi connectivity index (χ3n) is 3.79. The van der Waals surface area contributed by atoms with Gasteiger partial charge >= 0.3 is 0 Å². The SMILES string of the molecule is Cc1cccc(CNC(C)CC(O)c2ccc(F)cc2)c1O. The third-order valence-corrected chi connectivity index (χ3v) is 3.79. The minimum absolute atomic E-state index is 0.0555. The van der Waals surface area contributed by atoms with E-state index < -0.39 is 6.10 Å². The van der Waals surface area contributed by atoms with E-state index >= 15 is 0 Å². The molecule has 0 amide bonds. The van der Waals surface area contributed by atoms with Crippen LogP contribution in [0.3, 0.4) is 0 Å². The van der Waals surface area contributed by atoms with E-state index in [2.05, 4.69) is 5.32 Å². The van der Waals surface area contributed by atoms with Gasteiger partial charge in [0.25, 0.3) is 0 Å². The van der Waals surface area contributed by atoms with E-state index in [0.29, 0.717) is 24.3 Å².